The van der Waals surface area contributed by atoms with E-state index in [2.05, 4.69) is 17.5 Å². The Hall–Kier alpha value is -2.50. The summed E-state index contributed by atoms with van der Waals surface area (Å²) in [6, 6.07) is 5.41. The second kappa shape index (κ2) is 7.40. The third kappa shape index (κ3) is 3.54. The van der Waals surface area contributed by atoms with Gasteiger partial charge in [-0.05, 0) is 44.2 Å². The van der Waals surface area contributed by atoms with Crippen LogP contribution in [0.15, 0.2) is 30.4 Å². The second-order valence-electron chi connectivity index (χ2n) is 7.14. The molecule has 6 nitrogen and oxygen atoms in total. The summed E-state index contributed by atoms with van der Waals surface area (Å²) in [5.74, 6) is 1.69. The van der Waals surface area contributed by atoms with Crippen LogP contribution in [0.25, 0.3) is 0 Å². The number of allylic oxidation sites excluding steroid dienone is 2. The van der Waals surface area contributed by atoms with Crippen molar-refractivity contribution in [1.82, 2.24) is 4.90 Å². The molecule has 1 unspecified atom stereocenters. The van der Waals surface area contributed by atoms with E-state index in [4.69, 9.17) is 9.47 Å². The average Bonchev–Trinajstić information content (AvgIpc) is 3.16. The Morgan fingerprint density at radius 2 is 1.81 bits per heavy atom. The first-order valence-electron chi connectivity index (χ1n) is 9.35. The molecule has 138 valence electrons. The number of ether oxygens (including phenoxy) is 2. The fourth-order valence-electron chi connectivity index (χ4n) is 3.86. The minimum Gasteiger partial charge on any atom is -0.454 e. The summed E-state index contributed by atoms with van der Waals surface area (Å²) in [7, 11) is 0. The van der Waals surface area contributed by atoms with Crippen molar-refractivity contribution in [2.45, 2.75) is 32.1 Å². The monoisotopic (exact) mass is 356 g/mol. The molecule has 1 aliphatic carbocycles. The van der Waals surface area contributed by atoms with Gasteiger partial charge < -0.3 is 19.7 Å². The zero-order chi connectivity index (χ0) is 17.9. The lowest BCUT2D eigenvalue weighted by Gasteiger charge is -2.34. The van der Waals surface area contributed by atoms with Gasteiger partial charge in [-0.15, -0.1) is 0 Å². The van der Waals surface area contributed by atoms with Crippen LogP contribution < -0.4 is 14.8 Å². The molecule has 1 saturated heterocycles. The van der Waals surface area contributed by atoms with Gasteiger partial charge in [0, 0.05) is 36.7 Å². The summed E-state index contributed by atoms with van der Waals surface area (Å²) < 4.78 is 10.6. The largest absolute Gasteiger partial charge is 0.454 e. The van der Waals surface area contributed by atoms with Crippen LogP contribution in [-0.4, -0.2) is 36.6 Å². The van der Waals surface area contributed by atoms with Crippen LogP contribution >= 0.6 is 0 Å². The molecule has 0 bridgehead atoms. The van der Waals surface area contributed by atoms with Crippen molar-refractivity contribution in [3.05, 3.63) is 30.4 Å². The summed E-state index contributed by atoms with van der Waals surface area (Å²) in [6.45, 7) is 1.55. The SMILES string of the molecule is O=C(Nc1ccc2c(c1)OCO2)C1CCN(C(=O)C2CC=CCC2)CC1. The van der Waals surface area contributed by atoms with E-state index in [9.17, 15) is 9.59 Å². The maximum absolute atomic E-state index is 12.6. The molecule has 6 heteroatoms. The summed E-state index contributed by atoms with van der Waals surface area (Å²) in [4.78, 5) is 27.1. The van der Waals surface area contributed by atoms with E-state index in [1.54, 1.807) is 12.1 Å². The van der Waals surface area contributed by atoms with Gasteiger partial charge >= 0.3 is 0 Å². The Labute approximate surface area is 153 Å². The van der Waals surface area contributed by atoms with Crippen molar-refractivity contribution in [2.75, 3.05) is 25.2 Å². The van der Waals surface area contributed by atoms with Crippen molar-refractivity contribution in [3.63, 3.8) is 0 Å². The van der Waals surface area contributed by atoms with Gasteiger partial charge in [0.2, 0.25) is 18.6 Å². The number of anilines is 1. The first-order valence-corrected chi connectivity index (χ1v) is 9.35. The van der Waals surface area contributed by atoms with Crippen LogP contribution in [0.1, 0.15) is 32.1 Å². The van der Waals surface area contributed by atoms with Gasteiger partial charge in [0.25, 0.3) is 0 Å². The van der Waals surface area contributed by atoms with Gasteiger partial charge in [0.05, 0.1) is 0 Å². The summed E-state index contributed by atoms with van der Waals surface area (Å²) in [5.41, 5.74) is 0.715. The average molecular weight is 356 g/mol. The van der Waals surface area contributed by atoms with Gasteiger partial charge in [-0.2, -0.15) is 0 Å². The smallest absolute Gasteiger partial charge is 0.231 e. The number of amides is 2. The molecule has 2 aliphatic heterocycles. The van der Waals surface area contributed by atoms with Crippen LogP contribution in [0.2, 0.25) is 0 Å². The number of nitrogens with zero attached hydrogens (tertiary/aromatic N) is 1. The minimum atomic E-state index is -0.0595. The zero-order valence-electron chi connectivity index (χ0n) is 14.8. The first kappa shape index (κ1) is 16.9. The molecule has 1 aromatic rings. The Bertz CT molecular complexity index is 723. The van der Waals surface area contributed by atoms with Gasteiger partial charge in [-0.25, -0.2) is 0 Å². The molecule has 0 spiro atoms. The molecule has 0 radical (unpaired) electrons. The molecule has 1 atom stereocenters. The fraction of sp³-hybridized carbons (Fsp3) is 0.500. The van der Waals surface area contributed by atoms with Crippen LogP contribution in [0, 0.1) is 11.8 Å². The number of carbonyl (C=O) groups excluding carboxylic acids is 2. The standard InChI is InChI=1S/C20H24N2O4/c23-19(21-16-6-7-17-18(12-16)26-13-25-17)14-8-10-22(11-9-14)20(24)15-4-2-1-3-5-15/h1-2,6-7,12,14-15H,3-5,8-11,13H2,(H,21,23). The molecule has 2 amide bonds. The number of rotatable bonds is 3. The molecular weight excluding hydrogens is 332 g/mol. The molecule has 4 rings (SSSR count). The van der Waals surface area contributed by atoms with Crippen molar-refractivity contribution in [1.29, 1.82) is 0 Å². The lowest BCUT2D eigenvalue weighted by atomic mass is 9.90. The highest BCUT2D eigenvalue weighted by Gasteiger charge is 2.30. The van der Waals surface area contributed by atoms with Gasteiger partial charge in [0.15, 0.2) is 11.5 Å². The van der Waals surface area contributed by atoms with E-state index >= 15 is 0 Å². The van der Waals surface area contributed by atoms with Crippen molar-refractivity contribution >= 4 is 17.5 Å². The minimum absolute atomic E-state index is 0.0107. The number of fused-ring (bicyclic) bond motifs is 1. The Morgan fingerprint density at radius 1 is 1.00 bits per heavy atom. The van der Waals surface area contributed by atoms with Crippen LogP contribution in [-0.2, 0) is 9.59 Å². The summed E-state index contributed by atoms with van der Waals surface area (Å²) in [6.07, 6.45) is 8.47. The lowest BCUT2D eigenvalue weighted by Crippen LogP contribution is -2.44. The number of hydrogen-bond donors (Lipinski definition) is 1. The van der Waals surface area contributed by atoms with E-state index < -0.39 is 0 Å². The number of carbonyl (C=O) groups is 2. The molecule has 0 saturated carbocycles. The number of likely N-dealkylation sites (tertiary alicyclic amines) is 1. The summed E-state index contributed by atoms with van der Waals surface area (Å²) in [5, 5.41) is 2.96. The maximum Gasteiger partial charge on any atom is 0.231 e. The zero-order valence-corrected chi connectivity index (χ0v) is 14.8. The lowest BCUT2D eigenvalue weighted by molar-refractivity contribution is -0.138. The Morgan fingerprint density at radius 3 is 2.58 bits per heavy atom. The molecule has 26 heavy (non-hydrogen) atoms. The second-order valence-corrected chi connectivity index (χ2v) is 7.14. The van der Waals surface area contributed by atoms with E-state index in [-0.39, 0.29) is 30.4 Å². The predicted octanol–water partition coefficient (Wildman–Crippen LogP) is 2.95. The predicted molar refractivity (Wildman–Crippen MR) is 97.0 cm³/mol. The first-order chi connectivity index (χ1) is 12.7. The van der Waals surface area contributed by atoms with Crippen molar-refractivity contribution in [3.8, 4) is 11.5 Å². The fourth-order valence-corrected chi connectivity index (χ4v) is 3.86. The molecule has 1 fully saturated rings. The quantitative estimate of drug-likeness (QED) is 0.846. The highest BCUT2D eigenvalue weighted by molar-refractivity contribution is 5.93. The number of benzene rings is 1. The van der Waals surface area contributed by atoms with Gasteiger partial charge in [-0.3, -0.25) is 9.59 Å². The third-order valence-corrected chi connectivity index (χ3v) is 5.44. The van der Waals surface area contributed by atoms with Crippen molar-refractivity contribution < 1.29 is 19.1 Å². The van der Waals surface area contributed by atoms with Gasteiger partial charge in [0.1, 0.15) is 0 Å². The Kier molecular flexibility index (Phi) is 4.82. The highest BCUT2D eigenvalue weighted by Crippen LogP contribution is 2.34. The normalized spacial score (nSPS) is 22.3. The molecule has 1 aromatic carbocycles. The highest BCUT2D eigenvalue weighted by atomic mass is 16.7. The molecule has 1 N–H and O–H groups in total. The Balaban J connectivity index is 1.29. The summed E-state index contributed by atoms with van der Waals surface area (Å²) >= 11 is 0. The van der Waals surface area contributed by atoms with E-state index in [0.29, 0.717) is 43.1 Å². The van der Waals surface area contributed by atoms with Crippen LogP contribution in [0.4, 0.5) is 5.69 Å². The number of hydrogen-bond acceptors (Lipinski definition) is 4. The van der Waals surface area contributed by atoms with Crippen molar-refractivity contribution in [2.24, 2.45) is 11.8 Å². The molecule has 2 heterocycles. The number of piperidine rings is 1. The number of nitrogens with one attached hydrogen (secondary N) is 1. The topological polar surface area (TPSA) is 67.9 Å². The van der Waals surface area contributed by atoms with Crippen LogP contribution in [0.5, 0.6) is 11.5 Å². The third-order valence-electron chi connectivity index (χ3n) is 5.44. The molecule has 0 aromatic heterocycles. The van der Waals surface area contributed by atoms with E-state index in [0.717, 1.165) is 19.3 Å². The molecular formula is C20H24N2O4. The van der Waals surface area contributed by atoms with Gasteiger partial charge in [-0.1, -0.05) is 12.2 Å². The van der Waals surface area contributed by atoms with E-state index in [1.807, 2.05) is 11.0 Å². The molecule has 3 aliphatic rings. The maximum atomic E-state index is 12.6. The van der Waals surface area contributed by atoms with Crippen LogP contribution in [0.3, 0.4) is 0 Å². The van der Waals surface area contributed by atoms with E-state index in [1.165, 1.54) is 0 Å².